The van der Waals surface area contributed by atoms with Gasteiger partial charge < -0.3 is 15.0 Å². The van der Waals surface area contributed by atoms with Crippen LogP contribution < -0.4 is 5.32 Å². The highest BCUT2D eigenvalue weighted by atomic mass is 16.6. The first-order valence-electron chi connectivity index (χ1n) is 6.46. The maximum atomic E-state index is 11.7. The molecule has 2 aliphatic rings. The van der Waals surface area contributed by atoms with Gasteiger partial charge in [-0.1, -0.05) is 0 Å². The minimum Gasteiger partial charge on any atom is -0.444 e. The van der Waals surface area contributed by atoms with Crippen molar-refractivity contribution in [3.8, 4) is 0 Å². The molecule has 1 heterocycles. The van der Waals surface area contributed by atoms with Crippen molar-refractivity contribution in [1.82, 2.24) is 10.2 Å². The Balaban J connectivity index is 1.76. The Kier molecular flexibility index (Phi) is 3.10. The second-order valence-electron chi connectivity index (χ2n) is 6.76. The van der Waals surface area contributed by atoms with Crippen LogP contribution in [-0.2, 0) is 4.74 Å². The fourth-order valence-corrected chi connectivity index (χ4v) is 3.19. The second kappa shape index (κ2) is 4.16. The standard InChI is InChI=1S/C13H24N2O2/c1-12(2,3)17-11(16)14-10-5-6-13(7-10)8-15(4)9-13/h10H,5-9H2,1-4H3,(H,14,16). The quantitative estimate of drug-likeness (QED) is 0.762. The fraction of sp³-hybridized carbons (Fsp3) is 0.923. The van der Waals surface area contributed by atoms with Gasteiger partial charge in [0.2, 0.25) is 0 Å². The van der Waals surface area contributed by atoms with Crippen LogP contribution in [-0.4, -0.2) is 42.8 Å². The van der Waals surface area contributed by atoms with E-state index in [9.17, 15) is 4.79 Å². The van der Waals surface area contributed by atoms with Gasteiger partial charge in [0.1, 0.15) is 5.60 Å². The average molecular weight is 240 g/mol. The first kappa shape index (κ1) is 12.7. The Labute approximate surface area is 104 Å². The molecule has 2 rings (SSSR count). The lowest BCUT2D eigenvalue weighted by Gasteiger charge is -2.46. The molecule has 0 bridgehead atoms. The van der Waals surface area contributed by atoms with E-state index in [4.69, 9.17) is 4.74 Å². The third kappa shape index (κ3) is 3.12. The van der Waals surface area contributed by atoms with E-state index >= 15 is 0 Å². The number of alkyl carbamates (subject to hydrolysis) is 1. The van der Waals surface area contributed by atoms with Crippen LogP contribution in [0.2, 0.25) is 0 Å². The zero-order valence-electron chi connectivity index (χ0n) is 11.4. The van der Waals surface area contributed by atoms with E-state index in [1.54, 1.807) is 0 Å². The van der Waals surface area contributed by atoms with Crippen LogP contribution in [0, 0.1) is 5.41 Å². The summed E-state index contributed by atoms with van der Waals surface area (Å²) < 4.78 is 5.28. The van der Waals surface area contributed by atoms with Crippen molar-refractivity contribution in [1.29, 1.82) is 0 Å². The van der Waals surface area contributed by atoms with E-state index < -0.39 is 5.60 Å². The van der Waals surface area contributed by atoms with Gasteiger partial charge in [-0.2, -0.15) is 0 Å². The summed E-state index contributed by atoms with van der Waals surface area (Å²) in [6.07, 6.45) is 3.16. The van der Waals surface area contributed by atoms with Crippen LogP contribution in [0.4, 0.5) is 4.79 Å². The number of likely N-dealkylation sites (tertiary alicyclic amines) is 1. The van der Waals surface area contributed by atoms with Gasteiger partial charge in [0.15, 0.2) is 0 Å². The molecular formula is C13H24N2O2. The summed E-state index contributed by atoms with van der Waals surface area (Å²) in [5.74, 6) is 0. The van der Waals surface area contributed by atoms with E-state index in [1.165, 1.54) is 19.5 Å². The zero-order valence-corrected chi connectivity index (χ0v) is 11.4. The minimum atomic E-state index is -0.406. The normalized spacial score (nSPS) is 27.9. The Bertz CT molecular complexity index is 303. The van der Waals surface area contributed by atoms with Crippen molar-refractivity contribution in [3.63, 3.8) is 0 Å². The Morgan fingerprint density at radius 1 is 1.41 bits per heavy atom. The van der Waals surface area contributed by atoms with Crippen molar-refractivity contribution in [3.05, 3.63) is 0 Å². The van der Waals surface area contributed by atoms with Crippen LogP contribution in [0.25, 0.3) is 0 Å². The van der Waals surface area contributed by atoms with E-state index in [-0.39, 0.29) is 6.09 Å². The number of hydrogen-bond acceptors (Lipinski definition) is 3. The molecule has 0 aromatic heterocycles. The number of rotatable bonds is 1. The molecule has 1 aliphatic heterocycles. The number of nitrogens with zero attached hydrogens (tertiary/aromatic N) is 1. The zero-order chi connectivity index (χ0) is 12.7. The van der Waals surface area contributed by atoms with Crippen LogP contribution >= 0.6 is 0 Å². The SMILES string of the molecule is CN1CC2(CCC(NC(=O)OC(C)(C)C)C2)C1. The van der Waals surface area contributed by atoms with Gasteiger partial charge in [-0.05, 0) is 52.5 Å². The third-order valence-electron chi connectivity index (χ3n) is 3.63. The summed E-state index contributed by atoms with van der Waals surface area (Å²) in [6, 6.07) is 0.304. The smallest absolute Gasteiger partial charge is 0.407 e. The van der Waals surface area contributed by atoms with Gasteiger partial charge in [-0.15, -0.1) is 0 Å². The Morgan fingerprint density at radius 2 is 2.06 bits per heavy atom. The molecule has 1 amide bonds. The number of amides is 1. The van der Waals surface area contributed by atoms with Crippen LogP contribution in [0.3, 0.4) is 0 Å². The summed E-state index contributed by atoms with van der Waals surface area (Å²) in [5.41, 5.74) is 0.0749. The van der Waals surface area contributed by atoms with Crippen LogP contribution in [0.5, 0.6) is 0 Å². The number of carbonyl (C=O) groups excluding carboxylic acids is 1. The molecule has 1 saturated heterocycles. The summed E-state index contributed by atoms with van der Waals surface area (Å²) in [5, 5.41) is 2.99. The number of hydrogen-bond donors (Lipinski definition) is 1. The van der Waals surface area contributed by atoms with Crippen LogP contribution in [0.1, 0.15) is 40.0 Å². The lowest BCUT2D eigenvalue weighted by atomic mass is 9.78. The van der Waals surface area contributed by atoms with Crippen molar-refractivity contribution < 1.29 is 9.53 Å². The van der Waals surface area contributed by atoms with Gasteiger partial charge in [-0.25, -0.2) is 4.79 Å². The highest BCUT2D eigenvalue weighted by molar-refractivity contribution is 5.68. The van der Waals surface area contributed by atoms with Crippen molar-refractivity contribution in [2.75, 3.05) is 20.1 Å². The monoisotopic (exact) mass is 240 g/mol. The van der Waals surface area contributed by atoms with E-state index in [0.29, 0.717) is 11.5 Å². The van der Waals surface area contributed by atoms with E-state index in [2.05, 4.69) is 17.3 Å². The Hall–Kier alpha value is -0.770. The lowest BCUT2D eigenvalue weighted by Crippen LogP contribution is -2.53. The summed E-state index contributed by atoms with van der Waals surface area (Å²) in [7, 11) is 2.15. The van der Waals surface area contributed by atoms with E-state index in [1.807, 2.05) is 20.8 Å². The molecule has 17 heavy (non-hydrogen) atoms. The molecule has 1 saturated carbocycles. The fourth-order valence-electron chi connectivity index (χ4n) is 3.19. The summed E-state index contributed by atoms with van der Waals surface area (Å²) in [4.78, 5) is 14.0. The van der Waals surface area contributed by atoms with Gasteiger partial charge in [-0.3, -0.25) is 0 Å². The predicted octanol–water partition coefficient (Wildman–Crippen LogP) is 2.00. The van der Waals surface area contributed by atoms with Gasteiger partial charge in [0.25, 0.3) is 0 Å². The molecule has 1 aliphatic carbocycles. The summed E-state index contributed by atoms with van der Waals surface area (Å²) in [6.45, 7) is 8.04. The first-order valence-corrected chi connectivity index (χ1v) is 6.46. The maximum Gasteiger partial charge on any atom is 0.407 e. The van der Waals surface area contributed by atoms with Crippen molar-refractivity contribution >= 4 is 6.09 Å². The van der Waals surface area contributed by atoms with Crippen molar-refractivity contribution in [2.24, 2.45) is 5.41 Å². The molecule has 0 aromatic carbocycles. The molecule has 98 valence electrons. The molecule has 1 unspecified atom stereocenters. The lowest BCUT2D eigenvalue weighted by molar-refractivity contribution is 0.0249. The highest BCUT2D eigenvalue weighted by Crippen LogP contribution is 2.44. The first-order chi connectivity index (χ1) is 7.78. The van der Waals surface area contributed by atoms with Crippen molar-refractivity contribution in [2.45, 2.75) is 51.7 Å². The largest absolute Gasteiger partial charge is 0.444 e. The highest BCUT2D eigenvalue weighted by Gasteiger charge is 2.46. The number of nitrogens with one attached hydrogen (secondary N) is 1. The average Bonchev–Trinajstić information content (AvgIpc) is 2.44. The molecule has 4 heteroatoms. The third-order valence-corrected chi connectivity index (χ3v) is 3.63. The van der Waals surface area contributed by atoms with Gasteiger partial charge in [0, 0.05) is 19.1 Å². The molecule has 0 aromatic rings. The van der Waals surface area contributed by atoms with E-state index in [0.717, 1.165) is 12.8 Å². The maximum absolute atomic E-state index is 11.7. The number of ether oxygens (including phenoxy) is 1. The molecule has 0 radical (unpaired) electrons. The molecular weight excluding hydrogens is 216 g/mol. The summed E-state index contributed by atoms with van der Waals surface area (Å²) >= 11 is 0. The molecule has 2 fully saturated rings. The van der Waals surface area contributed by atoms with Gasteiger partial charge >= 0.3 is 6.09 Å². The van der Waals surface area contributed by atoms with Crippen LogP contribution in [0.15, 0.2) is 0 Å². The molecule has 1 spiro atoms. The Morgan fingerprint density at radius 3 is 2.59 bits per heavy atom. The number of carbonyl (C=O) groups is 1. The van der Waals surface area contributed by atoms with Gasteiger partial charge in [0.05, 0.1) is 0 Å². The predicted molar refractivity (Wildman–Crippen MR) is 66.9 cm³/mol. The topological polar surface area (TPSA) is 41.6 Å². The molecule has 1 N–H and O–H groups in total. The molecule has 4 nitrogen and oxygen atoms in total. The molecule has 1 atom stereocenters. The minimum absolute atomic E-state index is 0.271. The second-order valence-corrected chi connectivity index (χ2v) is 6.76.